The fraction of sp³-hybridized carbons (Fsp3) is 1.00. The van der Waals surface area contributed by atoms with Crippen LogP contribution in [0, 0.1) is 0 Å². The van der Waals surface area contributed by atoms with Crippen molar-refractivity contribution in [3.05, 3.63) is 0 Å². The highest BCUT2D eigenvalue weighted by Gasteiger charge is 2.17. The largest absolute Gasteiger partial charge is 0.325 e. The van der Waals surface area contributed by atoms with Crippen molar-refractivity contribution >= 4 is 11.0 Å². The van der Waals surface area contributed by atoms with Crippen LogP contribution in [0.25, 0.3) is 0 Å². The molecule has 0 heterocycles. The lowest BCUT2D eigenvalue weighted by molar-refractivity contribution is 0.363. The maximum Gasteiger partial charge on any atom is 0.0149 e. The van der Waals surface area contributed by atoms with Crippen molar-refractivity contribution in [2.75, 3.05) is 0 Å². The van der Waals surface area contributed by atoms with E-state index in [2.05, 4.69) is 20.8 Å². The van der Waals surface area contributed by atoms with Crippen molar-refractivity contribution in [3.63, 3.8) is 0 Å². The number of nitrogens with two attached hydrogens (primary N) is 1. The normalized spacial score (nSPS) is 10.8. The molecular weight excluding hydrogens is 138 g/mol. The summed E-state index contributed by atoms with van der Waals surface area (Å²) >= 11 is 0. The maximum absolute atomic E-state index is 6.01. The first-order valence-corrected chi connectivity index (χ1v) is 3.97. The fourth-order valence-corrected chi connectivity index (χ4v) is 1.10. The summed E-state index contributed by atoms with van der Waals surface area (Å²) in [6.45, 7) is 6.52. The molecule has 0 aromatic heterocycles. The van der Waals surface area contributed by atoms with Gasteiger partial charge in [0, 0.05) is 5.54 Å². The Bertz CT molecular complexity index is 69.7. The quantitative estimate of drug-likeness (QED) is 0.608. The minimum atomic E-state index is 0. The molecule has 0 radical (unpaired) electrons. The van der Waals surface area contributed by atoms with Gasteiger partial charge in [0.1, 0.15) is 0 Å². The Morgan fingerprint density at radius 3 is 1.60 bits per heavy atom. The lowest BCUT2D eigenvalue weighted by Crippen LogP contribution is -2.37. The molecule has 0 amide bonds. The molecule has 0 saturated heterocycles. The first-order chi connectivity index (χ1) is 4.18. The van der Waals surface area contributed by atoms with E-state index < -0.39 is 0 Å². The Hall–Kier alpha value is 0.177. The van der Waals surface area contributed by atoms with E-state index in [4.69, 9.17) is 5.73 Å². The fourth-order valence-electron chi connectivity index (χ4n) is 1.10. The van der Waals surface area contributed by atoms with Crippen molar-refractivity contribution in [2.24, 2.45) is 5.73 Å². The summed E-state index contributed by atoms with van der Waals surface area (Å²) in [5, 5.41) is 0. The molecule has 0 aromatic rings. The molecule has 2 N–H and O–H groups in total. The minimum absolute atomic E-state index is 0. The number of hydrogen-bond acceptors (Lipinski definition) is 1. The highest BCUT2D eigenvalue weighted by atomic mass is 28.1. The van der Waals surface area contributed by atoms with Gasteiger partial charge >= 0.3 is 0 Å². The maximum atomic E-state index is 6.01. The first kappa shape index (κ1) is 12.8. The molecular formula is C8H23NSi. The number of rotatable bonds is 4. The Balaban J connectivity index is 0. The van der Waals surface area contributed by atoms with Crippen molar-refractivity contribution in [2.45, 2.75) is 52.0 Å². The van der Waals surface area contributed by atoms with Crippen LogP contribution in [0.5, 0.6) is 0 Å². The molecule has 0 rings (SSSR count). The monoisotopic (exact) mass is 161 g/mol. The molecule has 0 aliphatic carbocycles. The van der Waals surface area contributed by atoms with Crippen molar-refractivity contribution in [1.29, 1.82) is 0 Å². The van der Waals surface area contributed by atoms with E-state index in [0.29, 0.717) is 0 Å². The number of hydrogen-bond donors (Lipinski definition) is 1. The molecule has 0 fully saturated rings. The molecule has 0 aliphatic rings. The summed E-state index contributed by atoms with van der Waals surface area (Å²) in [6, 6.07) is 0. The molecule has 2 heteroatoms. The second kappa shape index (κ2) is 5.92. The second-order valence-corrected chi connectivity index (χ2v) is 2.82. The van der Waals surface area contributed by atoms with Crippen LogP contribution in [0.1, 0.15) is 46.5 Å². The Kier molecular flexibility index (Phi) is 7.59. The van der Waals surface area contributed by atoms with Gasteiger partial charge in [-0.1, -0.05) is 27.2 Å². The summed E-state index contributed by atoms with van der Waals surface area (Å²) in [7, 11) is 0. The van der Waals surface area contributed by atoms with Gasteiger partial charge in [-0.3, -0.25) is 0 Å². The molecule has 1 nitrogen and oxygen atoms in total. The van der Waals surface area contributed by atoms with Crippen LogP contribution in [-0.2, 0) is 0 Å². The average Bonchev–Trinajstić information content (AvgIpc) is 1.89. The van der Waals surface area contributed by atoms with Gasteiger partial charge in [0.25, 0.3) is 0 Å². The van der Waals surface area contributed by atoms with Crippen LogP contribution in [0.2, 0.25) is 0 Å². The van der Waals surface area contributed by atoms with Gasteiger partial charge in [-0.25, -0.2) is 0 Å². The topological polar surface area (TPSA) is 26.0 Å². The van der Waals surface area contributed by atoms with Gasteiger partial charge in [-0.15, -0.1) is 0 Å². The zero-order valence-corrected chi connectivity index (χ0v) is 6.91. The average molecular weight is 161 g/mol. The van der Waals surface area contributed by atoms with E-state index >= 15 is 0 Å². The van der Waals surface area contributed by atoms with Gasteiger partial charge in [-0.2, -0.15) is 0 Å². The molecule has 0 spiro atoms. The van der Waals surface area contributed by atoms with Crippen LogP contribution in [0.15, 0.2) is 0 Å². The van der Waals surface area contributed by atoms with E-state index in [1.54, 1.807) is 0 Å². The van der Waals surface area contributed by atoms with Crippen molar-refractivity contribution < 1.29 is 0 Å². The predicted molar refractivity (Wildman–Crippen MR) is 53.7 cm³/mol. The smallest absolute Gasteiger partial charge is 0.0149 e. The molecule has 10 heavy (non-hydrogen) atoms. The van der Waals surface area contributed by atoms with Gasteiger partial charge < -0.3 is 5.73 Å². The highest BCUT2D eigenvalue weighted by molar-refractivity contribution is 5.75. The van der Waals surface area contributed by atoms with Gasteiger partial charge in [0.2, 0.25) is 0 Å². The molecule has 0 aliphatic heterocycles. The summed E-state index contributed by atoms with van der Waals surface area (Å²) < 4.78 is 0. The Labute approximate surface area is 69.4 Å². The van der Waals surface area contributed by atoms with Crippen LogP contribution >= 0.6 is 0 Å². The molecule has 0 bridgehead atoms. The van der Waals surface area contributed by atoms with Gasteiger partial charge in [0.05, 0.1) is 0 Å². The van der Waals surface area contributed by atoms with Crippen LogP contribution in [0.3, 0.4) is 0 Å². The third kappa shape index (κ3) is 4.07. The lowest BCUT2D eigenvalue weighted by Gasteiger charge is -2.25. The van der Waals surface area contributed by atoms with E-state index in [1.807, 2.05) is 0 Å². The van der Waals surface area contributed by atoms with Gasteiger partial charge in [0.15, 0.2) is 0 Å². The second-order valence-electron chi connectivity index (χ2n) is 2.82. The summed E-state index contributed by atoms with van der Waals surface area (Å²) in [4.78, 5) is 0. The highest BCUT2D eigenvalue weighted by Crippen LogP contribution is 2.16. The third-order valence-corrected chi connectivity index (χ3v) is 2.16. The zero-order chi connectivity index (χ0) is 7.33. The molecule has 64 valence electrons. The standard InChI is InChI=1S/C8H19N.H4Si/c1-4-7-8(9,5-2)6-3;/h4-7,9H2,1-3H3;1H4. The predicted octanol–water partition coefficient (Wildman–Crippen LogP) is 0.852. The van der Waals surface area contributed by atoms with E-state index in [0.717, 1.165) is 12.8 Å². The van der Waals surface area contributed by atoms with Crippen LogP contribution < -0.4 is 5.73 Å². The van der Waals surface area contributed by atoms with Crippen molar-refractivity contribution in [3.8, 4) is 0 Å². The van der Waals surface area contributed by atoms with E-state index in [1.165, 1.54) is 12.8 Å². The zero-order valence-electron chi connectivity index (χ0n) is 6.91. The van der Waals surface area contributed by atoms with Crippen LogP contribution in [0.4, 0.5) is 0 Å². The lowest BCUT2D eigenvalue weighted by atomic mass is 9.89. The SMILES string of the molecule is CCCC(N)(CC)CC.[SiH4]. The molecule has 0 aromatic carbocycles. The molecule has 0 unspecified atom stereocenters. The molecule has 0 atom stereocenters. The van der Waals surface area contributed by atoms with Gasteiger partial charge in [-0.05, 0) is 30.2 Å². The van der Waals surface area contributed by atoms with E-state index in [-0.39, 0.29) is 16.5 Å². The Morgan fingerprint density at radius 2 is 1.50 bits per heavy atom. The van der Waals surface area contributed by atoms with E-state index in [9.17, 15) is 0 Å². The summed E-state index contributed by atoms with van der Waals surface area (Å²) in [5.74, 6) is 0. The third-order valence-electron chi connectivity index (χ3n) is 2.16. The summed E-state index contributed by atoms with van der Waals surface area (Å²) in [6.07, 6.45) is 4.59. The summed E-state index contributed by atoms with van der Waals surface area (Å²) in [5.41, 5.74) is 6.14. The minimum Gasteiger partial charge on any atom is -0.325 e. The van der Waals surface area contributed by atoms with Crippen LogP contribution in [-0.4, -0.2) is 16.5 Å². The Morgan fingerprint density at radius 1 is 1.10 bits per heavy atom. The first-order valence-electron chi connectivity index (χ1n) is 3.97. The van der Waals surface area contributed by atoms with Crippen molar-refractivity contribution in [1.82, 2.24) is 0 Å². The molecule has 0 saturated carbocycles.